The van der Waals surface area contributed by atoms with Crippen LogP contribution in [-0.4, -0.2) is 61.2 Å². The highest BCUT2D eigenvalue weighted by Crippen LogP contribution is 2.08. The molecule has 1 rings (SSSR count). The van der Waals surface area contributed by atoms with Crippen molar-refractivity contribution in [3.63, 3.8) is 0 Å². The van der Waals surface area contributed by atoms with Crippen molar-refractivity contribution in [2.45, 2.75) is 46.2 Å². The van der Waals surface area contributed by atoms with Gasteiger partial charge < -0.3 is 5.32 Å². The zero-order valence-corrected chi connectivity index (χ0v) is 11.5. The maximum absolute atomic E-state index is 3.51. The van der Waals surface area contributed by atoms with Crippen LogP contribution in [0.25, 0.3) is 0 Å². The van der Waals surface area contributed by atoms with Gasteiger partial charge in [0.25, 0.3) is 0 Å². The molecule has 1 unspecified atom stereocenters. The van der Waals surface area contributed by atoms with Gasteiger partial charge in [0.15, 0.2) is 0 Å². The van der Waals surface area contributed by atoms with E-state index in [4.69, 9.17) is 0 Å². The maximum Gasteiger partial charge on any atom is 0.0193 e. The molecule has 0 aromatic carbocycles. The number of nitrogens with zero attached hydrogens (tertiary/aromatic N) is 2. The SMILES string of the molecule is CCCNCC(C)N1CCN(C(C)C)CC1. The summed E-state index contributed by atoms with van der Waals surface area (Å²) in [7, 11) is 0. The molecule has 3 nitrogen and oxygen atoms in total. The van der Waals surface area contributed by atoms with Crippen LogP contribution in [0.4, 0.5) is 0 Å². The summed E-state index contributed by atoms with van der Waals surface area (Å²) in [6, 6.07) is 1.39. The van der Waals surface area contributed by atoms with Gasteiger partial charge in [-0.05, 0) is 33.7 Å². The van der Waals surface area contributed by atoms with E-state index in [0.717, 1.165) is 13.1 Å². The largest absolute Gasteiger partial charge is 0.315 e. The number of piperazine rings is 1. The molecule has 96 valence electrons. The molecular weight excluding hydrogens is 198 g/mol. The van der Waals surface area contributed by atoms with Gasteiger partial charge in [0.05, 0.1) is 0 Å². The second-order valence-corrected chi connectivity index (χ2v) is 5.22. The molecule has 1 atom stereocenters. The van der Waals surface area contributed by atoms with Crippen molar-refractivity contribution in [3.8, 4) is 0 Å². The molecule has 0 radical (unpaired) electrons. The van der Waals surface area contributed by atoms with Crippen LogP contribution in [0, 0.1) is 0 Å². The highest BCUT2D eigenvalue weighted by molar-refractivity contribution is 4.78. The van der Waals surface area contributed by atoms with E-state index in [9.17, 15) is 0 Å². The first-order chi connectivity index (χ1) is 7.65. The second kappa shape index (κ2) is 7.25. The van der Waals surface area contributed by atoms with Gasteiger partial charge in [-0.3, -0.25) is 9.80 Å². The summed E-state index contributed by atoms with van der Waals surface area (Å²) >= 11 is 0. The molecule has 1 fully saturated rings. The number of rotatable bonds is 6. The van der Waals surface area contributed by atoms with Gasteiger partial charge in [-0.15, -0.1) is 0 Å². The third-order valence-corrected chi connectivity index (χ3v) is 3.57. The van der Waals surface area contributed by atoms with Crippen LogP contribution in [0.3, 0.4) is 0 Å². The van der Waals surface area contributed by atoms with Crippen LogP contribution in [0.5, 0.6) is 0 Å². The van der Waals surface area contributed by atoms with Crippen LogP contribution < -0.4 is 5.32 Å². The smallest absolute Gasteiger partial charge is 0.0193 e. The monoisotopic (exact) mass is 227 g/mol. The number of hydrogen-bond donors (Lipinski definition) is 1. The van der Waals surface area contributed by atoms with E-state index in [1.165, 1.54) is 32.6 Å². The third-order valence-electron chi connectivity index (χ3n) is 3.57. The second-order valence-electron chi connectivity index (χ2n) is 5.22. The van der Waals surface area contributed by atoms with Gasteiger partial charge in [-0.1, -0.05) is 6.92 Å². The molecule has 0 aromatic rings. The highest BCUT2D eigenvalue weighted by Gasteiger charge is 2.21. The first-order valence-corrected chi connectivity index (χ1v) is 6.84. The molecule has 3 heteroatoms. The van der Waals surface area contributed by atoms with Crippen molar-refractivity contribution >= 4 is 0 Å². The molecule has 1 N–H and O–H groups in total. The van der Waals surface area contributed by atoms with Gasteiger partial charge in [0.2, 0.25) is 0 Å². The average Bonchev–Trinajstić information content (AvgIpc) is 2.29. The van der Waals surface area contributed by atoms with Crippen molar-refractivity contribution in [2.75, 3.05) is 39.3 Å². The lowest BCUT2D eigenvalue weighted by Gasteiger charge is -2.39. The van der Waals surface area contributed by atoms with Gasteiger partial charge >= 0.3 is 0 Å². The molecule has 0 amide bonds. The van der Waals surface area contributed by atoms with E-state index >= 15 is 0 Å². The average molecular weight is 227 g/mol. The Balaban J connectivity index is 2.19. The van der Waals surface area contributed by atoms with Crippen molar-refractivity contribution in [2.24, 2.45) is 0 Å². The van der Waals surface area contributed by atoms with Crippen LogP contribution in [0.15, 0.2) is 0 Å². The maximum atomic E-state index is 3.51. The number of nitrogens with one attached hydrogen (secondary N) is 1. The Labute approximate surface area is 101 Å². The fourth-order valence-corrected chi connectivity index (χ4v) is 2.31. The summed E-state index contributed by atoms with van der Waals surface area (Å²) in [5.74, 6) is 0. The Hall–Kier alpha value is -0.120. The van der Waals surface area contributed by atoms with E-state index in [-0.39, 0.29) is 0 Å². The molecule has 1 aliphatic rings. The Morgan fingerprint density at radius 2 is 1.56 bits per heavy atom. The summed E-state index contributed by atoms with van der Waals surface area (Å²) in [6.07, 6.45) is 1.23. The van der Waals surface area contributed by atoms with Crippen molar-refractivity contribution in [1.82, 2.24) is 15.1 Å². The summed E-state index contributed by atoms with van der Waals surface area (Å²) < 4.78 is 0. The van der Waals surface area contributed by atoms with E-state index < -0.39 is 0 Å². The molecule has 0 aromatic heterocycles. The van der Waals surface area contributed by atoms with Crippen LogP contribution in [0.1, 0.15) is 34.1 Å². The Morgan fingerprint density at radius 3 is 2.06 bits per heavy atom. The molecule has 1 heterocycles. The lowest BCUT2D eigenvalue weighted by atomic mass is 10.2. The molecule has 0 saturated carbocycles. The quantitative estimate of drug-likeness (QED) is 0.692. The fraction of sp³-hybridized carbons (Fsp3) is 1.00. The molecule has 16 heavy (non-hydrogen) atoms. The van der Waals surface area contributed by atoms with E-state index in [0.29, 0.717) is 12.1 Å². The van der Waals surface area contributed by atoms with Gasteiger partial charge in [0, 0.05) is 44.8 Å². The predicted octanol–water partition coefficient (Wildman–Crippen LogP) is 1.40. The Kier molecular flexibility index (Phi) is 6.32. The van der Waals surface area contributed by atoms with Gasteiger partial charge in [-0.25, -0.2) is 0 Å². The summed E-state index contributed by atoms with van der Waals surface area (Å²) in [5, 5.41) is 3.51. The Bertz CT molecular complexity index is 174. The predicted molar refractivity (Wildman–Crippen MR) is 70.9 cm³/mol. The molecule has 0 spiro atoms. The standard InChI is InChI=1S/C13H29N3/c1-5-6-14-11-13(4)16-9-7-15(8-10-16)12(2)3/h12-14H,5-11H2,1-4H3. The zero-order valence-electron chi connectivity index (χ0n) is 11.5. The minimum absolute atomic E-state index is 0.681. The van der Waals surface area contributed by atoms with Crippen molar-refractivity contribution < 1.29 is 0 Å². The molecule has 0 aliphatic carbocycles. The first-order valence-electron chi connectivity index (χ1n) is 6.84. The first kappa shape index (κ1) is 13.9. The summed E-state index contributed by atoms with van der Waals surface area (Å²) in [6.45, 7) is 16.4. The topological polar surface area (TPSA) is 18.5 Å². The zero-order chi connectivity index (χ0) is 12.0. The van der Waals surface area contributed by atoms with Crippen molar-refractivity contribution in [1.29, 1.82) is 0 Å². The van der Waals surface area contributed by atoms with Crippen LogP contribution in [0.2, 0.25) is 0 Å². The van der Waals surface area contributed by atoms with Crippen LogP contribution in [-0.2, 0) is 0 Å². The number of hydrogen-bond acceptors (Lipinski definition) is 3. The molecule has 0 bridgehead atoms. The fourth-order valence-electron chi connectivity index (χ4n) is 2.31. The normalized spacial score (nSPS) is 21.6. The third kappa shape index (κ3) is 4.40. The minimum Gasteiger partial charge on any atom is -0.315 e. The highest BCUT2D eigenvalue weighted by atomic mass is 15.3. The van der Waals surface area contributed by atoms with E-state index in [1.807, 2.05) is 0 Å². The minimum atomic E-state index is 0.681. The van der Waals surface area contributed by atoms with Gasteiger partial charge in [-0.2, -0.15) is 0 Å². The van der Waals surface area contributed by atoms with Gasteiger partial charge in [0.1, 0.15) is 0 Å². The van der Waals surface area contributed by atoms with E-state index in [1.54, 1.807) is 0 Å². The molecule has 1 aliphatic heterocycles. The van der Waals surface area contributed by atoms with Crippen LogP contribution >= 0.6 is 0 Å². The summed E-state index contributed by atoms with van der Waals surface area (Å²) in [4.78, 5) is 5.18. The molecular formula is C13H29N3. The lowest BCUT2D eigenvalue weighted by Crippen LogP contribution is -2.53. The Morgan fingerprint density at radius 1 is 1.00 bits per heavy atom. The molecule has 1 saturated heterocycles. The lowest BCUT2D eigenvalue weighted by molar-refractivity contribution is 0.0832. The summed E-state index contributed by atoms with van der Waals surface area (Å²) in [5.41, 5.74) is 0. The van der Waals surface area contributed by atoms with Crippen molar-refractivity contribution in [3.05, 3.63) is 0 Å². The van der Waals surface area contributed by atoms with E-state index in [2.05, 4.69) is 42.8 Å².